The van der Waals surface area contributed by atoms with Gasteiger partial charge in [0.1, 0.15) is 0 Å². The summed E-state index contributed by atoms with van der Waals surface area (Å²) in [5, 5.41) is 3.09. The third-order valence-electron chi connectivity index (χ3n) is 3.14. The van der Waals surface area contributed by atoms with Crippen LogP contribution in [0.1, 0.15) is 19.8 Å². The average molecular weight is 182 g/mol. The molecule has 13 heavy (non-hydrogen) atoms. The topological polar surface area (TPSA) is 32.3 Å². The zero-order chi connectivity index (χ0) is 9.26. The Bertz CT molecular complexity index is 199. The number of rotatable bonds is 2. The quantitative estimate of drug-likeness (QED) is 0.673. The minimum Gasteiger partial charge on any atom is -0.340 e. The average Bonchev–Trinajstić information content (AvgIpc) is 2.06. The Balaban J connectivity index is 1.76. The molecule has 1 amide bonds. The summed E-state index contributed by atoms with van der Waals surface area (Å²) < 4.78 is 0. The Kier molecular flexibility index (Phi) is 2.54. The molecule has 1 aliphatic heterocycles. The largest absolute Gasteiger partial charge is 0.340 e. The molecule has 1 saturated carbocycles. The Labute approximate surface area is 79.5 Å². The number of amides is 1. The molecule has 2 fully saturated rings. The van der Waals surface area contributed by atoms with Crippen LogP contribution in [-0.4, -0.2) is 37.0 Å². The summed E-state index contributed by atoms with van der Waals surface area (Å²) in [7, 11) is 0. The SMILES string of the molecule is CC1CC(CN2CCNCC2=O)C1. The van der Waals surface area contributed by atoms with E-state index in [1.165, 1.54) is 12.8 Å². The first-order valence-electron chi connectivity index (χ1n) is 5.24. The molecule has 0 bridgehead atoms. The number of hydrogen-bond donors (Lipinski definition) is 1. The lowest BCUT2D eigenvalue weighted by molar-refractivity contribution is -0.133. The van der Waals surface area contributed by atoms with Gasteiger partial charge in [-0.15, -0.1) is 0 Å². The van der Waals surface area contributed by atoms with Crippen LogP contribution < -0.4 is 5.32 Å². The Morgan fingerprint density at radius 3 is 2.92 bits per heavy atom. The third kappa shape index (κ3) is 2.02. The summed E-state index contributed by atoms with van der Waals surface area (Å²) in [5.74, 6) is 1.96. The fourth-order valence-electron chi connectivity index (χ4n) is 2.37. The van der Waals surface area contributed by atoms with Crippen molar-refractivity contribution in [3.8, 4) is 0 Å². The zero-order valence-corrected chi connectivity index (χ0v) is 8.25. The van der Waals surface area contributed by atoms with Gasteiger partial charge in [0.15, 0.2) is 0 Å². The molecule has 2 rings (SSSR count). The zero-order valence-electron chi connectivity index (χ0n) is 8.25. The fourth-order valence-corrected chi connectivity index (χ4v) is 2.37. The number of carbonyl (C=O) groups excluding carboxylic acids is 1. The molecule has 0 spiro atoms. The first kappa shape index (κ1) is 9.00. The predicted molar refractivity (Wildman–Crippen MR) is 51.3 cm³/mol. The maximum absolute atomic E-state index is 11.4. The van der Waals surface area contributed by atoms with Gasteiger partial charge in [-0.2, -0.15) is 0 Å². The Morgan fingerprint density at radius 2 is 2.31 bits per heavy atom. The molecule has 3 nitrogen and oxygen atoms in total. The van der Waals surface area contributed by atoms with E-state index in [2.05, 4.69) is 12.2 Å². The van der Waals surface area contributed by atoms with Gasteiger partial charge in [-0.1, -0.05) is 6.92 Å². The van der Waals surface area contributed by atoms with E-state index in [-0.39, 0.29) is 5.91 Å². The van der Waals surface area contributed by atoms with Crippen molar-refractivity contribution in [1.29, 1.82) is 0 Å². The monoisotopic (exact) mass is 182 g/mol. The highest BCUT2D eigenvalue weighted by Crippen LogP contribution is 2.33. The molecule has 0 aromatic heterocycles. The van der Waals surface area contributed by atoms with Crippen LogP contribution in [0.4, 0.5) is 0 Å². The summed E-state index contributed by atoms with van der Waals surface area (Å²) in [4.78, 5) is 13.4. The van der Waals surface area contributed by atoms with Crippen LogP contribution >= 0.6 is 0 Å². The standard InChI is InChI=1S/C10H18N2O/c1-8-4-9(5-8)7-12-3-2-11-6-10(12)13/h8-9,11H,2-7H2,1H3. The molecule has 1 saturated heterocycles. The maximum atomic E-state index is 11.4. The number of hydrogen-bond acceptors (Lipinski definition) is 2. The highest BCUT2D eigenvalue weighted by molar-refractivity contribution is 5.78. The van der Waals surface area contributed by atoms with Gasteiger partial charge in [-0.3, -0.25) is 4.79 Å². The van der Waals surface area contributed by atoms with Crippen LogP contribution in [0.15, 0.2) is 0 Å². The van der Waals surface area contributed by atoms with Crippen LogP contribution in [0.5, 0.6) is 0 Å². The highest BCUT2D eigenvalue weighted by atomic mass is 16.2. The van der Waals surface area contributed by atoms with Crippen LogP contribution in [-0.2, 0) is 4.79 Å². The van der Waals surface area contributed by atoms with Crippen LogP contribution in [0.3, 0.4) is 0 Å². The molecule has 0 atom stereocenters. The Hall–Kier alpha value is -0.570. The smallest absolute Gasteiger partial charge is 0.236 e. The molecular weight excluding hydrogens is 164 g/mol. The summed E-state index contributed by atoms with van der Waals surface area (Å²) in [6.45, 7) is 5.71. The van der Waals surface area contributed by atoms with Gasteiger partial charge in [-0.25, -0.2) is 0 Å². The van der Waals surface area contributed by atoms with Crippen molar-refractivity contribution in [2.75, 3.05) is 26.2 Å². The van der Waals surface area contributed by atoms with Crippen molar-refractivity contribution in [3.05, 3.63) is 0 Å². The summed E-state index contributed by atoms with van der Waals surface area (Å²) in [6.07, 6.45) is 2.63. The van der Waals surface area contributed by atoms with E-state index in [0.29, 0.717) is 6.54 Å². The van der Waals surface area contributed by atoms with Crippen LogP contribution in [0, 0.1) is 11.8 Å². The number of nitrogens with zero attached hydrogens (tertiary/aromatic N) is 1. The van der Waals surface area contributed by atoms with E-state index in [4.69, 9.17) is 0 Å². The molecule has 0 aromatic carbocycles. The minimum atomic E-state index is 0.283. The van der Waals surface area contributed by atoms with Gasteiger partial charge in [0.25, 0.3) is 0 Å². The van der Waals surface area contributed by atoms with E-state index >= 15 is 0 Å². The summed E-state index contributed by atoms with van der Waals surface area (Å²) in [5.41, 5.74) is 0. The molecule has 2 aliphatic rings. The first-order valence-corrected chi connectivity index (χ1v) is 5.24. The van der Waals surface area contributed by atoms with Crippen molar-refractivity contribution in [2.45, 2.75) is 19.8 Å². The normalized spacial score (nSPS) is 34.5. The second-order valence-electron chi connectivity index (χ2n) is 4.46. The van der Waals surface area contributed by atoms with Crippen molar-refractivity contribution in [1.82, 2.24) is 10.2 Å². The second kappa shape index (κ2) is 3.66. The minimum absolute atomic E-state index is 0.283. The lowest BCUT2D eigenvalue weighted by Gasteiger charge is -2.38. The lowest BCUT2D eigenvalue weighted by atomic mass is 9.76. The summed E-state index contributed by atoms with van der Waals surface area (Å²) in [6, 6.07) is 0. The second-order valence-corrected chi connectivity index (χ2v) is 4.46. The molecule has 0 radical (unpaired) electrons. The van der Waals surface area contributed by atoms with E-state index < -0.39 is 0 Å². The number of carbonyl (C=O) groups is 1. The van der Waals surface area contributed by atoms with Gasteiger partial charge >= 0.3 is 0 Å². The van der Waals surface area contributed by atoms with Gasteiger partial charge in [0, 0.05) is 19.6 Å². The van der Waals surface area contributed by atoms with Crippen LogP contribution in [0.25, 0.3) is 0 Å². The van der Waals surface area contributed by atoms with Crippen LogP contribution in [0.2, 0.25) is 0 Å². The first-order chi connectivity index (χ1) is 6.25. The summed E-state index contributed by atoms with van der Waals surface area (Å²) >= 11 is 0. The van der Waals surface area contributed by atoms with Gasteiger partial charge in [0.05, 0.1) is 6.54 Å². The molecule has 0 unspecified atom stereocenters. The van der Waals surface area contributed by atoms with Crippen molar-refractivity contribution < 1.29 is 4.79 Å². The van der Waals surface area contributed by atoms with E-state index in [9.17, 15) is 4.79 Å². The van der Waals surface area contributed by atoms with Gasteiger partial charge in [-0.05, 0) is 24.7 Å². The molecule has 1 N–H and O–H groups in total. The molecule has 1 aliphatic carbocycles. The maximum Gasteiger partial charge on any atom is 0.236 e. The highest BCUT2D eigenvalue weighted by Gasteiger charge is 2.29. The van der Waals surface area contributed by atoms with E-state index in [1.54, 1.807) is 0 Å². The lowest BCUT2D eigenvalue weighted by Crippen LogP contribution is -2.50. The van der Waals surface area contributed by atoms with Gasteiger partial charge < -0.3 is 10.2 Å². The van der Waals surface area contributed by atoms with Crippen molar-refractivity contribution in [3.63, 3.8) is 0 Å². The number of piperazine rings is 1. The predicted octanol–water partition coefficient (Wildman–Crippen LogP) is 0.464. The molecular formula is C10H18N2O. The van der Waals surface area contributed by atoms with Gasteiger partial charge in [0.2, 0.25) is 5.91 Å². The molecule has 1 heterocycles. The van der Waals surface area contributed by atoms with E-state index in [1.807, 2.05) is 4.90 Å². The van der Waals surface area contributed by atoms with Crippen molar-refractivity contribution in [2.24, 2.45) is 11.8 Å². The molecule has 3 heteroatoms. The Morgan fingerprint density at radius 1 is 1.54 bits per heavy atom. The van der Waals surface area contributed by atoms with E-state index in [0.717, 1.165) is 31.5 Å². The molecule has 74 valence electrons. The molecule has 0 aromatic rings. The van der Waals surface area contributed by atoms with Crippen molar-refractivity contribution >= 4 is 5.91 Å². The third-order valence-corrected chi connectivity index (χ3v) is 3.14. The number of nitrogens with one attached hydrogen (secondary N) is 1. The fraction of sp³-hybridized carbons (Fsp3) is 0.900.